The number of alkyl halides is 6. The molecule has 9 heteroatoms. The number of benzene rings is 1. The van der Waals surface area contributed by atoms with E-state index in [0.717, 1.165) is 6.92 Å². The highest BCUT2D eigenvalue weighted by atomic mass is 19.4. The van der Waals surface area contributed by atoms with Crippen LogP contribution in [0.2, 0.25) is 0 Å². The number of rotatable bonds is 2. The lowest BCUT2D eigenvalue weighted by atomic mass is 9.93. The maximum atomic E-state index is 12.7. The second-order valence-electron chi connectivity index (χ2n) is 4.01. The van der Waals surface area contributed by atoms with Crippen LogP contribution >= 0.6 is 0 Å². The van der Waals surface area contributed by atoms with Crippen LogP contribution in [0.3, 0.4) is 0 Å². The van der Waals surface area contributed by atoms with E-state index in [9.17, 15) is 36.2 Å². The second-order valence-corrected chi connectivity index (χ2v) is 4.01. The summed E-state index contributed by atoms with van der Waals surface area (Å²) in [5, 5.41) is 17.7. The van der Waals surface area contributed by atoms with Crippen LogP contribution in [0.15, 0.2) is 12.1 Å². The van der Waals surface area contributed by atoms with Crippen molar-refractivity contribution in [2.24, 2.45) is 0 Å². The van der Waals surface area contributed by atoms with Crippen molar-refractivity contribution in [2.75, 3.05) is 0 Å². The summed E-state index contributed by atoms with van der Waals surface area (Å²) in [7, 11) is 0. The molecule has 0 bridgehead atoms. The molecule has 1 rings (SSSR count). The zero-order chi connectivity index (χ0) is 15.9. The summed E-state index contributed by atoms with van der Waals surface area (Å²) in [6.45, 7) is 1.00. The van der Waals surface area contributed by atoms with Gasteiger partial charge in [0.2, 0.25) is 0 Å². The summed E-state index contributed by atoms with van der Waals surface area (Å²) in [5.41, 5.74) is -5.70. The van der Waals surface area contributed by atoms with E-state index < -0.39 is 41.1 Å². The molecule has 1 unspecified atom stereocenters. The molecule has 3 nitrogen and oxygen atoms in total. The molecule has 0 heterocycles. The lowest BCUT2D eigenvalue weighted by Crippen LogP contribution is -2.23. The largest absolute Gasteiger partial charge is 0.479 e. The summed E-state index contributed by atoms with van der Waals surface area (Å²) in [6.07, 6.45) is -13.4. The van der Waals surface area contributed by atoms with Crippen molar-refractivity contribution >= 4 is 5.97 Å². The monoisotopic (exact) mass is 302 g/mol. The van der Waals surface area contributed by atoms with Crippen LogP contribution in [-0.2, 0) is 17.1 Å². The molecule has 1 atom stereocenters. The van der Waals surface area contributed by atoms with Crippen molar-refractivity contribution in [2.45, 2.75) is 25.4 Å². The first-order valence-corrected chi connectivity index (χ1v) is 5.05. The van der Waals surface area contributed by atoms with Gasteiger partial charge in [-0.15, -0.1) is 0 Å². The number of hydrogen-bond donors (Lipinski definition) is 2. The van der Waals surface area contributed by atoms with Gasteiger partial charge in [0.15, 0.2) is 6.10 Å². The van der Waals surface area contributed by atoms with Gasteiger partial charge < -0.3 is 10.2 Å². The van der Waals surface area contributed by atoms with Crippen molar-refractivity contribution in [3.63, 3.8) is 0 Å². The van der Waals surface area contributed by atoms with Gasteiger partial charge in [-0.1, -0.05) is 0 Å². The lowest BCUT2D eigenvalue weighted by Gasteiger charge is -2.21. The van der Waals surface area contributed by atoms with E-state index in [1.807, 2.05) is 0 Å². The minimum atomic E-state index is -5.22. The summed E-state index contributed by atoms with van der Waals surface area (Å²) < 4.78 is 76.5. The molecule has 0 spiro atoms. The minimum Gasteiger partial charge on any atom is -0.479 e. The third-order valence-electron chi connectivity index (χ3n) is 2.44. The van der Waals surface area contributed by atoms with Crippen LogP contribution in [-0.4, -0.2) is 16.2 Å². The first-order chi connectivity index (χ1) is 8.85. The normalized spacial score (nSPS) is 14.2. The van der Waals surface area contributed by atoms with Gasteiger partial charge in [-0.3, -0.25) is 0 Å². The van der Waals surface area contributed by atoms with E-state index in [4.69, 9.17) is 5.11 Å². The maximum absolute atomic E-state index is 12.7. The topological polar surface area (TPSA) is 57.5 Å². The summed E-state index contributed by atoms with van der Waals surface area (Å²) in [4.78, 5) is 10.6. The Hall–Kier alpha value is -1.77. The van der Waals surface area contributed by atoms with Gasteiger partial charge in [-0.25, -0.2) is 4.79 Å². The van der Waals surface area contributed by atoms with E-state index in [-0.39, 0.29) is 5.56 Å². The van der Waals surface area contributed by atoms with Crippen molar-refractivity contribution < 1.29 is 41.4 Å². The van der Waals surface area contributed by atoms with E-state index in [0.29, 0.717) is 12.1 Å². The van der Waals surface area contributed by atoms with Crippen molar-refractivity contribution in [3.05, 3.63) is 34.4 Å². The number of carboxylic acid groups (broad SMARTS) is 1. The average molecular weight is 302 g/mol. The van der Waals surface area contributed by atoms with Crippen LogP contribution in [0.25, 0.3) is 0 Å². The predicted octanol–water partition coefficient (Wildman–Crippen LogP) is 3.15. The van der Waals surface area contributed by atoms with Crippen LogP contribution < -0.4 is 0 Å². The number of aryl methyl sites for hydroxylation is 1. The Kier molecular flexibility index (Phi) is 4.04. The Balaban J connectivity index is 3.77. The molecule has 112 valence electrons. The number of halogens is 6. The number of carbonyl (C=O) groups is 1. The second kappa shape index (κ2) is 4.97. The first kappa shape index (κ1) is 16.3. The molecule has 1 aromatic carbocycles. The van der Waals surface area contributed by atoms with Crippen molar-refractivity contribution in [3.8, 4) is 0 Å². The summed E-state index contributed by atoms with van der Waals surface area (Å²) in [6, 6.07) is 0.716. The third kappa shape index (κ3) is 3.21. The van der Waals surface area contributed by atoms with Gasteiger partial charge in [-0.2, -0.15) is 26.3 Å². The molecule has 0 aromatic heterocycles. The summed E-state index contributed by atoms with van der Waals surface area (Å²) in [5.74, 6) is -2.20. The molecule has 0 saturated carbocycles. The highest BCUT2D eigenvalue weighted by Gasteiger charge is 2.44. The minimum absolute atomic E-state index is 0.356. The fourth-order valence-corrected chi connectivity index (χ4v) is 1.68. The molecule has 2 N–H and O–H groups in total. The molecule has 0 saturated heterocycles. The number of hydrogen-bond acceptors (Lipinski definition) is 2. The molecule has 0 radical (unpaired) electrons. The van der Waals surface area contributed by atoms with Crippen molar-refractivity contribution in [1.82, 2.24) is 0 Å². The Bertz CT molecular complexity index is 497. The van der Waals surface area contributed by atoms with Gasteiger partial charge in [0, 0.05) is 5.56 Å². The maximum Gasteiger partial charge on any atom is 0.416 e. The van der Waals surface area contributed by atoms with E-state index in [2.05, 4.69) is 0 Å². The predicted molar refractivity (Wildman–Crippen MR) is 53.8 cm³/mol. The zero-order valence-electron chi connectivity index (χ0n) is 9.80. The van der Waals surface area contributed by atoms with Gasteiger partial charge in [0.1, 0.15) is 0 Å². The Morgan fingerprint density at radius 3 is 1.65 bits per heavy atom. The Morgan fingerprint density at radius 2 is 1.40 bits per heavy atom. The number of aliphatic hydroxyl groups is 1. The van der Waals surface area contributed by atoms with E-state index in [1.165, 1.54) is 0 Å². The van der Waals surface area contributed by atoms with Crippen LogP contribution in [0.4, 0.5) is 26.3 Å². The lowest BCUT2D eigenvalue weighted by molar-refractivity contribution is -0.153. The highest BCUT2D eigenvalue weighted by molar-refractivity contribution is 5.75. The number of aliphatic carboxylic acids is 1. The molecule has 0 fully saturated rings. The highest BCUT2D eigenvalue weighted by Crippen LogP contribution is 2.42. The smallest absolute Gasteiger partial charge is 0.416 e. The molecule has 20 heavy (non-hydrogen) atoms. The third-order valence-corrected chi connectivity index (χ3v) is 2.44. The average Bonchev–Trinajstić information content (AvgIpc) is 2.24. The van der Waals surface area contributed by atoms with Crippen LogP contribution in [0.1, 0.15) is 28.4 Å². The Labute approximate surface area is 108 Å². The van der Waals surface area contributed by atoms with Gasteiger partial charge >= 0.3 is 18.3 Å². The molecular formula is C11H8F6O3. The fourth-order valence-electron chi connectivity index (χ4n) is 1.68. The van der Waals surface area contributed by atoms with Gasteiger partial charge in [0.25, 0.3) is 0 Å². The number of aliphatic hydroxyl groups excluding tert-OH is 1. The van der Waals surface area contributed by atoms with E-state index >= 15 is 0 Å². The molecular weight excluding hydrogens is 294 g/mol. The standard InChI is InChI=1S/C11H8F6O3/c1-4-2-5(10(12,13)14)7(8(18)9(19)20)6(3-4)11(15,16)17/h2-3,8,18H,1H3,(H,19,20). The Morgan fingerprint density at radius 1 is 1.05 bits per heavy atom. The molecule has 0 aliphatic heterocycles. The van der Waals surface area contributed by atoms with Crippen LogP contribution in [0.5, 0.6) is 0 Å². The molecule has 0 aliphatic carbocycles. The fraction of sp³-hybridized carbons (Fsp3) is 0.364. The summed E-state index contributed by atoms with van der Waals surface area (Å²) >= 11 is 0. The van der Waals surface area contributed by atoms with E-state index in [1.54, 1.807) is 0 Å². The van der Waals surface area contributed by atoms with Crippen LogP contribution in [0, 0.1) is 6.92 Å². The van der Waals surface area contributed by atoms with Crippen molar-refractivity contribution in [1.29, 1.82) is 0 Å². The zero-order valence-corrected chi connectivity index (χ0v) is 9.80. The molecule has 0 aliphatic rings. The van der Waals surface area contributed by atoms with Gasteiger partial charge in [0.05, 0.1) is 11.1 Å². The quantitative estimate of drug-likeness (QED) is 0.825. The molecule has 0 amide bonds. The first-order valence-electron chi connectivity index (χ1n) is 5.05. The van der Waals surface area contributed by atoms with Gasteiger partial charge in [-0.05, 0) is 24.6 Å². The molecule has 1 aromatic rings. The number of carboxylic acids is 1. The SMILES string of the molecule is Cc1cc(C(F)(F)F)c(C(O)C(=O)O)c(C(F)(F)F)c1.